The maximum atomic E-state index is 5.65. The average Bonchev–Trinajstić information content (AvgIpc) is 2.09. The fraction of sp³-hybridized carbons (Fsp3) is 1.00. The van der Waals surface area contributed by atoms with Gasteiger partial charge in [0, 0.05) is 6.61 Å². The first kappa shape index (κ1) is 11.9. The molecule has 1 fully saturated rings. The lowest BCUT2D eigenvalue weighted by Crippen LogP contribution is -2.28. The highest BCUT2D eigenvalue weighted by atomic mass is 16.5. The largest absolute Gasteiger partial charge is 0.378 e. The molecule has 0 spiro atoms. The summed E-state index contributed by atoms with van der Waals surface area (Å²) >= 11 is 0. The minimum Gasteiger partial charge on any atom is -0.378 e. The standard InChI is InChI=1S/C9H18O.CH5N/c1-7(2)9-5-4-8(3)6-10-9;1-2/h7-9H,4-6H2,1-3H3;2H2,1H3. The lowest BCUT2D eigenvalue weighted by molar-refractivity contribution is -0.0351. The van der Waals surface area contributed by atoms with Gasteiger partial charge < -0.3 is 10.5 Å². The Bertz CT molecular complexity index is 96.0. The molecule has 0 bridgehead atoms. The summed E-state index contributed by atoms with van der Waals surface area (Å²) in [6, 6.07) is 0. The fourth-order valence-electron chi connectivity index (χ4n) is 1.43. The minimum absolute atomic E-state index is 0.538. The molecule has 0 aromatic rings. The first-order valence-corrected chi connectivity index (χ1v) is 4.89. The second kappa shape index (κ2) is 6.44. The summed E-state index contributed by atoms with van der Waals surface area (Å²) < 4.78 is 5.65. The molecular formula is C10H23NO. The molecule has 1 rings (SSSR count). The molecular weight excluding hydrogens is 150 g/mol. The van der Waals surface area contributed by atoms with Crippen molar-refractivity contribution in [3.63, 3.8) is 0 Å². The number of hydrogen-bond acceptors (Lipinski definition) is 2. The number of nitrogens with two attached hydrogens (primary N) is 1. The van der Waals surface area contributed by atoms with E-state index in [1.54, 1.807) is 0 Å². The zero-order valence-electron chi connectivity index (χ0n) is 8.84. The lowest BCUT2D eigenvalue weighted by Gasteiger charge is -2.29. The van der Waals surface area contributed by atoms with Gasteiger partial charge in [0.25, 0.3) is 0 Å². The van der Waals surface area contributed by atoms with E-state index >= 15 is 0 Å². The summed E-state index contributed by atoms with van der Waals surface area (Å²) in [6.45, 7) is 7.71. The van der Waals surface area contributed by atoms with Gasteiger partial charge in [0.05, 0.1) is 6.10 Å². The van der Waals surface area contributed by atoms with Gasteiger partial charge in [0.15, 0.2) is 0 Å². The average molecular weight is 173 g/mol. The summed E-state index contributed by atoms with van der Waals surface area (Å²) in [7, 11) is 1.50. The van der Waals surface area contributed by atoms with Gasteiger partial charge in [-0.1, -0.05) is 20.8 Å². The van der Waals surface area contributed by atoms with E-state index in [4.69, 9.17) is 4.74 Å². The molecule has 0 aromatic heterocycles. The van der Waals surface area contributed by atoms with Crippen LogP contribution in [0.3, 0.4) is 0 Å². The minimum atomic E-state index is 0.538. The highest BCUT2D eigenvalue weighted by Gasteiger charge is 2.20. The van der Waals surface area contributed by atoms with Crippen molar-refractivity contribution in [1.82, 2.24) is 0 Å². The monoisotopic (exact) mass is 173 g/mol. The SMILES string of the molecule is CC1CCC(C(C)C)OC1.CN. The Labute approximate surface area is 76.5 Å². The lowest BCUT2D eigenvalue weighted by atomic mass is 9.94. The van der Waals surface area contributed by atoms with Crippen LogP contribution in [-0.2, 0) is 4.74 Å². The first-order valence-electron chi connectivity index (χ1n) is 4.89. The maximum Gasteiger partial charge on any atom is 0.0598 e. The van der Waals surface area contributed by atoms with Crippen molar-refractivity contribution in [2.24, 2.45) is 17.6 Å². The molecule has 2 unspecified atom stereocenters. The Balaban J connectivity index is 0.000000561. The van der Waals surface area contributed by atoms with Crippen LogP contribution in [0, 0.1) is 11.8 Å². The van der Waals surface area contributed by atoms with Crippen LogP contribution in [0.15, 0.2) is 0 Å². The van der Waals surface area contributed by atoms with Crippen LogP contribution in [0.25, 0.3) is 0 Å². The van der Waals surface area contributed by atoms with Gasteiger partial charge in [0.2, 0.25) is 0 Å². The molecule has 0 aliphatic carbocycles. The summed E-state index contributed by atoms with van der Waals surface area (Å²) in [5, 5.41) is 0. The highest BCUT2D eigenvalue weighted by molar-refractivity contribution is 4.69. The van der Waals surface area contributed by atoms with E-state index in [0.717, 1.165) is 12.5 Å². The van der Waals surface area contributed by atoms with Gasteiger partial charge in [-0.2, -0.15) is 0 Å². The van der Waals surface area contributed by atoms with Crippen LogP contribution < -0.4 is 5.73 Å². The summed E-state index contributed by atoms with van der Waals surface area (Å²) in [6.07, 6.45) is 3.15. The Hall–Kier alpha value is -0.0800. The molecule has 1 aliphatic heterocycles. The molecule has 0 amide bonds. The quantitative estimate of drug-likeness (QED) is 0.658. The van der Waals surface area contributed by atoms with Crippen LogP contribution >= 0.6 is 0 Å². The number of hydrogen-bond donors (Lipinski definition) is 1. The summed E-state index contributed by atoms with van der Waals surface area (Å²) in [5.41, 5.74) is 4.50. The zero-order valence-corrected chi connectivity index (χ0v) is 8.84. The van der Waals surface area contributed by atoms with Crippen molar-refractivity contribution in [1.29, 1.82) is 0 Å². The Morgan fingerprint density at radius 1 is 1.25 bits per heavy atom. The van der Waals surface area contributed by atoms with Crippen LogP contribution in [0.2, 0.25) is 0 Å². The van der Waals surface area contributed by atoms with Crippen molar-refractivity contribution in [2.75, 3.05) is 13.7 Å². The van der Waals surface area contributed by atoms with Gasteiger partial charge in [-0.05, 0) is 31.7 Å². The predicted octanol–water partition coefficient (Wildman–Crippen LogP) is 2.03. The van der Waals surface area contributed by atoms with E-state index < -0.39 is 0 Å². The summed E-state index contributed by atoms with van der Waals surface area (Å²) in [5.74, 6) is 1.49. The van der Waals surface area contributed by atoms with Crippen LogP contribution in [-0.4, -0.2) is 19.8 Å². The second-order valence-corrected chi connectivity index (χ2v) is 3.80. The third-order valence-corrected chi connectivity index (χ3v) is 2.28. The smallest absolute Gasteiger partial charge is 0.0598 e. The third kappa shape index (κ3) is 4.07. The van der Waals surface area contributed by atoms with E-state index in [9.17, 15) is 0 Å². The predicted molar refractivity (Wildman–Crippen MR) is 53.1 cm³/mol. The maximum absolute atomic E-state index is 5.65. The Morgan fingerprint density at radius 2 is 1.83 bits per heavy atom. The van der Waals surface area contributed by atoms with Crippen LogP contribution in [0.5, 0.6) is 0 Å². The van der Waals surface area contributed by atoms with E-state index in [1.165, 1.54) is 19.9 Å². The van der Waals surface area contributed by atoms with Gasteiger partial charge >= 0.3 is 0 Å². The number of ether oxygens (including phenoxy) is 1. The van der Waals surface area contributed by atoms with Crippen molar-refractivity contribution in [2.45, 2.75) is 39.7 Å². The molecule has 1 heterocycles. The molecule has 0 saturated carbocycles. The first-order chi connectivity index (χ1) is 5.70. The van der Waals surface area contributed by atoms with E-state index in [-0.39, 0.29) is 0 Å². The van der Waals surface area contributed by atoms with Crippen LogP contribution in [0.1, 0.15) is 33.6 Å². The van der Waals surface area contributed by atoms with Gasteiger partial charge in [0.1, 0.15) is 0 Å². The highest BCUT2D eigenvalue weighted by Crippen LogP contribution is 2.22. The van der Waals surface area contributed by atoms with Crippen molar-refractivity contribution < 1.29 is 4.74 Å². The fourth-order valence-corrected chi connectivity index (χ4v) is 1.43. The van der Waals surface area contributed by atoms with Crippen molar-refractivity contribution >= 4 is 0 Å². The molecule has 1 saturated heterocycles. The van der Waals surface area contributed by atoms with Gasteiger partial charge in [-0.15, -0.1) is 0 Å². The van der Waals surface area contributed by atoms with Gasteiger partial charge in [-0.3, -0.25) is 0 Å². The molecule has 0 aromatic carbocycles. The molecule has 74 valence electrons. The topological polar surface area (TPSA) is 35.2 Å². The summed E-state index contributed by atoms with van der Waals surface area (Å²) in [4.78, 5) is 0. The Morgan fingerprint density at radius 3 is 2.17 bits per heavy atom. The van der Waals surface area contributed by atoms with Crippen molar-refractivity contribution in [3.8, 4) is 0 Å². The van der Waals surface area contributed by atoms with Crippen molar-refractivity contribution in [3.05, 3.63) is 0 Å². The van der Waals surface area contributed by atoms with Crippen LogP contribution in [0.4, 0.5) is 0 Å². The molecule has 2 heteroatoms. The molecule has 1 aliphatic rings. The van der Waals surface area contributed by atoms with Gasteiger partial charge in [-0.25, -0.2) is 0 Å². The third-order valence-electron chi connectivity index (χ3n) is 2.28. The molecule has 0 radical (unpaired) electrons. The normalized spacial score (nSPS) is 29.5. The van der Waals surface area contributed by atoms with E-state index in [2.05, 4.69) is 26.5 Å². The van der Waals surface area contributed by atoms with E-state index in [1.807, 2.05) is 0 Å². The Kier molecular flexibility index (Phi) is 6.39. The molecule has 12 heavy (non-hydrogen) atoms. The molecule has 2 atom stereocenters. The van der Waals surface area contributed by atoms with E-state index in [0.29, 0.717) is 12.0 Å². The molecule has 2 nitrogen and oxygen atoms in total. The number of rotatable bonds is 1. The molecule has 2 N–H and O–H groups in total. The zero-order chi connectivity index (χ0) is 9.56. The second-order valence-electron chi connectivity index (χ2n) is 3.80.